The Balaban J connectivity index is 1.67. The molecule has 1 saturated carbocycles. The van der Waals surface area contributed by atoms with Gasteiger partial charge in [-0.05, 0) is 31.4 Å². The first kappa shape index (κ1) is 18.5. The monoisotopic (exact) mass is 371 g/mol. The molecule has 2 fully saturated rings. The summed E-state index contributed by atoms with van der Waals surface area (Å²) in [6.45, 7) is 0.289. The SMILES string of the molecule is NC1(C(=O)NC2CCN(c3cccc(OC(F)(F)F)c3)C2=O)CCCC1. The minimum absolute atomic E-state index is 0.289. The highest BCUT2D eigenvalue weighted by atomic mass is 19.4. The maximum absolute atomic E-state index is 12.6. The summed E-state index contributed by atoms with van der Waals surface area (Å²) in [5, 5.41) is 2.70. The third kappa shape index (κ3) is 3.92. The second kappa shape index (κ2) is 6.79. The molecule has 3 N–H and O–H groups in total. The van der Waals surface area contributed by atoms with E-state index in [0.29, 0.717) is 19.3 Å². The van der Waals surface area contributed by atoms with Gasteiger partial charge in [-0.15, -0.1) is 13.2 Å². The second-order valence-corrected chi connectivity index (χ2v) is 6.71. The lowest BCUT2D eigenvalue weighted by molar-refractivity contribution is -0.274. The van der Waals surface area contributed by atoms with Crippen molar-refractivity contribution in [2.45, 2.75) is 50.0 Å². The molecule has 6 nitrogen and oxygen atoms in total. The van der Waals surface area contributed by atoms with Crippen LogP contribution in [0.4, 0.5) is 18.9 Å². The molecule has 1 unspecified atom stereocenters. The zero-order valence-electron chi connectivity index (χ0n) is 14.0. The quantitative estimate of drug-likeness (QED) is 0.849. The van der Waals surface area contributed by atoms with Crippen LogP contribution in [0, 0.1) is 0 Å². The fraction of sp³-hybridized carbons (Fsp3) is 0.529. The molecular weight excluding hydrogens is 351 g/mol. The molecule has 3 rings (SSSR count). The van der Waals surface area contributed by atoms with Gasteiger partial charge in [0.2, 0.25) is 11.8 Å². The number of benzene rings is 1. The molecule has 2 amide bonds. The Hall–Kier alpha value is -2.29. The van der Waals surface area contributed by atoms with Gasteiger partial charge in [0.25, 0.3) is 0 Å². The highest BCUT2D eigenvalue weighted by Gasteiger charge is 2.41. The van der Waals surface area contributed by atoms with Crippen molar-refractivity contribution in [3.05, 3.63) is 24.3 Å². The molecule has 0 bridgehead atoms. The molecule has 1 atom stereocenters. The Kier molecular flexibility index (Phi) is 4.83. The van der Waals surface area contributed by atoms with E-state index in [2.05, 4.69) is 10.1 Å². The molecule has 1 aromatic rings. The first-order valence-electron chi connectivity index (χ1n) is 8.45. The van der Waals surface area contributed by atoms with Gasteiger partial charge < -0.3 is 20.7 Å². The lowest BCUT2D eigenvalue weighted by Gasteiger charge is -2.24. The zero-order chi connectivity index (χ0) is 18.9. The molecule has 0 spiro atoms. The third-order valence-corrected chi connectivity index (χ3v) is 4.82. The Morgan fingerprint density at radius 3 is 2.65 bits per heavy atom. The number of halogens is 3. The molecular formula is C17H20F3N3O3. The number of carbonyl (C=O) groups excluding carboxylic acids is 2. The summed E-state index contributed by atoms with van der Waals surface area (Å²) in [5.74, 6) is -1.12. The Morgan fingerprint density at radius 1 is 1.31 bits per heavy atom. The molecule has 2 aliphatic rings. The van der Waals surface area contributed by atoms with E-state index >= 15 is 0 Å². The number of carbonyl (C=O) groups is 2. The van der Waals surface area contributed by atoms with Crippen LogP contribution in [-0.4, -0.2) is 36.3 Å². The fourth-order valence-electron chi connectivity index (χ4n) is 3.45. The average Bonchev–Trinajstić information content (AvgIpc) is 3.14. The predicted octanol–water partition coefficient (Wildman–Crippen LogP) is 2.08. The van der Waals surface area contributed by atoms with Crippen LogP contribution >= 0.6 is 0 Å². The van der Waals surface area contributed by atoms with Crippen molar-refractivity contribution in [2.75, 3.05) is 11.4 Å². The third-order valence-electron chi connectivity index (χ3n) is 4.82. The number of hydrogen-bond donors (Lipinski definition) is 2. The van der Waals surface area contributed by atoms with Gasteiger partial charge in [0.1, 0.15) is 11.8 Å². The lowest BCUT2D eigenvalue weighted by atomic mass is 9.97. The predicted molar refractivity (Wildman–Crippen MR) is 87.4 cm³/mol. The molecule has 1 aromatic carbocycles. The molecule has 9 heteroatoms. The topological polar surface area (TPSA) is 84.7 Å². The average molecular weight is 371 g/mol. The van der Waals surface area contributed by atoms with Crippen LogP contribution in [0.1, 0.15) is 32.1 Å². The van der Waals surface area contributed by atoms with Crippen LogP contribution < -0.4 is 20.7 Å². The zero-order valence-corrected chi connectivity index (χ0v) is 14.0. The molecule has 1 heterocycles. The Morgan fingerprint density at radius 2 is 2.00 bits per heavy atom. The molecule has 1 aliphatic carbocycles. The molecule has 0 radical (unpaired) electrons. The largest absolute Gasteiger partial charge is 0.573 e. The first-order valence-corrected chi connectivity index (χ1v) is 8.45. The smallest absolute Gasteiger partial charge is 0.406 e. The number of hydrogen-bond acceptors (Lipinski definition) is 4. The standard InChI is InChI=1S/C17H20F3N3O3/c18-17(19,20)26-12-5-3-4-11(10-12)23-9-6-13(14(23)24)22-15(25)16(21)7-1-2-8-16/h3-5,10,13H,1-2,6-9,21H2,(H,22,25). The van der Waals surface area contributed by atoms with Crippen LogP contribution in [0.25, 0.3) is 0 Å². The summed E-state index contributed by atoms with van der Waals surface area (Å²) in [6, 6.07) is 4.48. The van der Waals surface area contributed by atoms with E-state index < -0.39 is 23.7 Å². The minimum atomic E-state index is -4.80. The van der Waals surface area contributed by atoms with Crippen LogP contribution in [0.5, 0.6) is 5.75 Å². The number of amides is 2. The van der Waals surface area contributed by atoms with E-state index in [4.69, 9.17) is 5.73 Å². The van der Waals surface area contributed by atoms with Gasteiger partial charge in [-0.25, -0.2) is 0 Å². The number of nitrogens with two attached hydrogens (primary N) is 1. The molecule has 142 valence electrons. The summed E-state index contributed by atoms with van der Waals surface area (Å²) in [5.41, 5.74) is 5.44. The van der Waals surface area contributed by atoms with Crippen molar-refractivity contribution < 1.29 is 27.5 Å². The Bertz CT molecular complexity index is 702. The van der Waals surface area contributed by atoms with Crippen molar-refractivity contribution in [3.8, 4) is 5.75 Å². The molecule has 1 saturated heterocycles. The number of rotatable bonds is 4. The molecule has 0 aromatic heterocycles. The number of alkyl halides is 3. The normalized spacial score (nSPS) is 22.5. The van der Waals surface area contributed by atoms with Crippen LogP contribution in [0.15, 0.2) is 24.3 Å². The fourth-order valence-corrected chi connectivity index (χ4v) is 3.45. The van der Waals surface area contributed by atoms with Gasteiger partial charge in [-0.1, -0.05) is 18.9 Å². The van der Waals surface area contributed by atoms with E-state index in [1.165, 1.54) is 17.0 Å². The summed E-state index contributed by atoms with van der Waals surface area (Å²) in [6.07, 6.45) is -1.52. The number of nitrogens with one attached hydrogen (secondary N) is 1. The van der Waals surface area contributed by atoms with E-state index in [1.807, 2.05) is 0 Å². The summed E-state index contributed by atoms with van der Waals surface area (Å²) in [7, 11) is 0. The molecule has 1 aliphatic heterocycles. The van der Waals surface area contributed by atoms with Crippen molar-refractivity contribution in [1.82, 2.24) is 5.32 Å². The number of anilines is 1. The van der Waals surface area contributed by atoms with Crippen LogP contribution in [-0.2, 0) is 9.59 Å². The first-order chi connectivity index (χ1) is 12.2. The van der Waals surface area contributed by atoms with Crippen molar-refractivity contribution in [1.29, 1.82) is 0 Å². The van der Waals surface area contributed by atoms with Gasteiger partial charge in [0.05, 0.1) is 5.54 Å². The van der Waals surface area contributed by atoms with E-state index in [9.17, 15) is 22.8 Å². The lowest BCUT2D eigenvalue weighted by Crippen LogP contribution is -2.55. The summed E-state index contributed by atoms with van der Waals surface area (Å²) >= 11 is 0. The van der Waals surface area contributed by atoms with Crippen LogP contribution in [0.3, 0.4) is 0 Å². The van der Waals surface area contributed by atoms with E-state index in [0.717, 1.165) is 25.0 Å². The maximum atomic E-state index is 12.6. The minimum Gasteiger partial charge on any atom is -0.406 e. The van der Waals surface area contributed by atoms with Gasteiger partial charge in [-0.2, -0.15) is 0 Å². The van der Waals surface area contributed by atoms with Gasteiger partial charge in [0, 0.05) is 18.3 Å². The summed E-state index contributed by atoms with van der Waals surface area (Å²) in [4.78, 5) is 26.3. The second-order valence-electron chi connectivity index (χ2n) is 6.71. The van der Waals surface area contributed by atoms with Crippen molar-refractivity contribution >= 4 is 17.5 Å². The maximum Gasteiger partial charge on any atom is 0.573 e. The summed E-state index contributed by atoms with van der Waals surface area (Å²) < 4.78 is 40.9. The number of ether oxygens (including phenoxy) is 1. The van der Waals surface area contributed by atoms with E-state index in [-0.39, 0.29) is 24.0 Å². The molecule has 26 heavy (non-hydrogen) atoms. The van der Waals surface area contributed by atoms with Crippen LogP contribution in [0.2, 0.25) is 0 Å². The van der Waals surface area contributed by atoms with Crippen molar-refractivity contribution in [2.24, 2.45) is 5.73 Å². The highest BCUT2D eigenvalue weighted by Crippen LogP contribution is 2.30. The number of nitrogens with zero attached hydrogens (tertiary/aromatic N) is 1. The van der Waals surface area contributed by atoms with E-state index in [1.54, 1.807) is 0 Å². The van der Waals surface area contributed by atoms with Gasteiger partial charge in [-0.3, -0.25) is 9.59 Å². The van der Waals surface area contributed by atoms with Crippen molar-refractivity contribution in [3.63, 3.8) is 0 Å². The Labute approximate surface area is 148 Å². The van der Waals surface area contributed by atoms with Gasteiger partial charge >= 0.3 is 6.36 Å². The van der Waals surface area contributed by atoms with Gasteiger partial charge in [0.15, 0.2) is 0 Å². The highest BCUT2D eigenvalue weighted by molar-refractivity contribution is 6.02.